The molecule has 1 saturated heterocycles. The zero-order chi connectivity index (χ0) is 18.2. The number of ether oxygens (including phenoxy) is 2. The molecule has 3 rings (SSSR count). The highest BCUT2D eigenvalue weighted by atomic mass is 16.7. The van der Waals surface area contributed by atoms with Gasteiger partial charge < -0.3 is 9.47 Å². The molecular weight excluding hydrogens is 330 g/mol. The fourth-order valence-corrected chi connectivity index (χ4v) is 2.98. The van der Waals surface area contributed by atoms with Crippen molar-refractivity contribution in [1.82, 2.24) is 15.0 Å². The van der Waals surface area contributed by atoms with Crippen LogP contribution in [0.4, 0.5) is 0 Å². The first-order chi connectivity index (χ1) is 12.8. The highest BCUT2D eigenvalue weighted by Gasteiger charge is 2.12. The van der Waals surface area contributed by atoms with Crippen molar-refractivity contribution in [3.05, 3.63) is 47.5 Å². The Balaban J connectivity index is 1.59. The van der Waals surface area contributed by atoms with E-state index >= 15 is 0 Å². The molecule has 140 valence electrons. The summed E-state index contributed by atoms with van der Waals surface area (Å²) in [6.07, 6.45) is 5.80. The summed E-state index contributed by atoms with van der Waals surface area (Å²) < 4.78 is 11.3. The molecule has 0 spiro atoms. The standard InChI is InChI=1S/C20H27N3O3/c1-3-17-8-9-21-20(22-17)15-16-6-7-18(24-2)19(14-16)25-12-13-26-23-10-4-5-11-23/h6-9,14H,3-5,10-13,15H2,1-2H3. The Labute approximate surface area is 155 Å². The van der Waals surface area contributed by atoms with Gasteiger partial charge in [-0.3, -0.25) is 4.84 Å². The van der Waals surface area contributed by atoms with Crippen molar-refractivity contribution in [2.24, 2.45) is 0 Å². The number of hydrogen-bond acceptors (Lipinski definition) is 6. The molecule has 0 aliphatic carbocycles. The van der Waals surface area contributed by atoms with Crippen LogP contribution in [0.1, 0.15) is 36.8 Å². The first kappa shape index (κ1) is 18.6. The molecule has 0 atom stereocenters. The first-order valence-electron chi connectivity index (χ1n) is 9.27. The van der Waals surface area contributed by atoms with Crippen molar-refractivity contribution in [2.45, 2.75) is 32.6 Å². The first-order valence-corrected chi connectivity index (χ1v) is 9.27. The van der Waals surface area contributed by atoms with Gasteiger partial charge in [0.1, 0.15) is 19.0 Å². The van der Waals surface area contributed by atoms with Gasteiger partial charge in [0.15, 0.2) is 11.5 Å². The molecule has 2 heterocycles. The minimum absolute atomic E-state index is 0.484. The van der Waals surface area contributed by atoms with E-state index in [9.17, 15) is 0 Å². The van der Waals surface area contributed by atoms with E-state index < -0.39 is 0 Å². The van der Waals surface area contributed by atoms with Gasteiger partial charge in [-0.15, -0.1) is 0 Å². The normalized spacial score (nSPS) is 14.5. The number of hydroxylamine groups is 2. The highest BCUT2D eigenvalue weighted by Crippen LogP contribution is 2.28. The third kappa shape index (κ3) is 5.16. The van der Waals surface area contributed by atoms with Crippen LogP contribution in [0.5, 0.6) is 11.5 Å². The van der Waals surface area contributed by atoms with Crippen LogP contribution in [0, 0.1) is 0 Å². The van der Waals surface area contributed by atoms with Crippen LogP contribution in [-0.4, -0.2) is 48.4 Å². The van der Waals surface area contributed by atoms with Gasteiger partial charge in [0.25, 0.3) is 0 Å². The number of rotatable bonds is 9. The molecule has 0 amide bonds. The van der Waals surface area contributed by atoms with Crippen LogP contribution in [0.3, 0.4) is 0 Å². The molecule has 0 bridgehead atoms. The van der Waals surface area contributed by atoms with Crippen molar-refractivity contribution in [2.75, 3.05) is 33.4 Å². The Kier molecular flexibility index (Phi) is 6.80. The second kappa shape index (κ2) is 9.50. The van der Waals surface area contributed by atoms with Gasteiger partial charge in [0.2, 0.25) is 0 Å². The zero-order valence-corrected chi connectivity index (χ0v) is 15.6. The Hall–Kier alpha value is -2.18. The number of methoxy groups -OCH3 is 1. The van der Waals surface area contributed by atoms with Crippen LogP contribution >= 0.6 is 0 Å². The number of hydrogen-bond donors (Lipinski definition) is 0. The van der Waals surface area contributed by atoms with Gasteiger partial charge in [0.05, 0.1) is 7.11 Å². The topological polar surface area (TPSA) is 56.7 Å². The maximum absolute atomic E-state index is 5.89. The maximum Gasteiger partial charge on any atom is 0.161 e. The van der Waals surface area contributed by atoms with Crippen molar-refractivity contribution in [3.63, 3.8) is 0 Å². The Morgan fingerprint density at radius 1 is 1.08 bits per heavy atom. The average Bonchev–Trinajstić information content (AvgIpc) is 3.19. The summed E-state index contributed by atoms with van der Waals surface area (Å²) in [5.74, 6) is 2.26. The van der Waals surface area contributed by atoms with Crippen molar-refractivity contribution >= 4 is 0 Å². The molecular formula is C20H27N3O3. The summed E-state index contributed by atoms with van der Waals surface area (Å²) in [6.45, 7) is 5.13. The minimum atomic E-state index is 0.484. The Bertz CT molecular complexity index is 702. The maximum atomic E-state index is 5.89. The van der Waals surface area contributed by atoms with Gasteiger partial charge in [-0.1, -0.05) is 13.0 Å². The molecule has 6 nitrogen and oxygen atoms in total. The van der Waals surface area contributed by atoms with Crippen molar-refractivity contribution in [3.8, 4) is 11.5 Å². The second-order valence-electron chi connectivity index (χ2n) is 6.30. The average molecular weight is 357 g/mol. The zero-order valence-electron chi connectivity index (χ0n) is 15.6. The quantitative estimate of drug-likeness (QED) is 0.643. The SMILES string of the molecule is CCc1ccnc(Cc2ccc(OC)c(OCCON3CCCC3)c2)n1. The third-order valence-electron chi connectivity index (χ3n) is 4.40. The monoisotopic (exact) mass is 357 g/mol. The molecule has 0 radical (unpaired) electrons. The lowest BCUT2D eigenvalue weighted by molar-refractivity contribution is -0.148. The summed E-state index contributed by atoms with van der Waals surface area (Å²) in [7, 11) is 1.65. The van der Waals surface area contributed by atoms with Gasteiger partial charge in [-0.05, 0) is 43.0 Å². The number of benzene rings is 1. The Morgan fingerprint density at radius 2 is 1.92 bits per heavy atom. The van der Waals surface area contributed by atoms with Gasteiger partial charge >= 0.3 is 0 Å². The minimum Gasteiger partial charge on any atom is -0.493 e. The molecule has 2 aromatic rings. The Morgan fingerprint density at radius 3 is 2.69 bits per heavy atom. The molecule has 0 unspecified atom stereocenters. The van der Waals surface area contributed by atoms with E-state index in [0.29, 0.717) is 19.6 Å². The van der Waals surface area contributed by atoms with E-state index in [0.717, 1.165) is 48.1 Å². The lowest BCUT2D eigenvalue weighted by Gasteiger charge is -2.16. The van der Waals surface area contributed by atoms with Gasteiger partial charge in [-0.25, -0.2) is 9.97 Å². The van der Waals surface area contributed by atoms with Crippen LogP contribution in [-0.2, 0) is 17.7 Å². The molecule has 6 heteroatoms. The molecule has 1 fully saturated rings. The van der Waals surface area contributed by atoms with E-state index in [1.54, 1.807) is 7.11 Å². The van der Waals surface area contributed by atoms with Crippen molar-refractivity contribution < 1.29 is 14.3 Å². The van der Waals surface area contributed by atoms with E-state index in [-0.39, 0.29) is 0 Å². The van der Waals surface area contributed by atoms with Crippen LogP contribution in [0.25, 0.3) is 0 Å². The molecule has 1 aromatic carbocycles. The molecule has 1 aliphatic heterocycles. The largest absolute Gasteiger partial charge is 0.493 e. The van der Waals surface area contributed by atoms with Crippen molar-refractivity contribution in [1.29, 1.82) is 0 Å². The summed E-state index contributed by atoms with van der Waals surface area (Å²) in [5.41, 5.74) is 2.15. The van der Waals surface area contributed by atoms with E-state index in [2.05, 4.69) is 16.9 Å². The predicted octanol–water partition coefficient (Wildman–Crippen LogP) is 3.04. The number of nitrogens with zero attached hydrogens (tertiary/aromatic N) is 3. The van der Waals surface area contributed by atoms with E-state index in [1.807, 2.05) is 35.5 Å². The molecule has 1 aromatic heterocycles. The fraction of sp³-hybridized carbons (Fsp3) is 0.500. The molecule has 26 heavy (non-hydrogen) atoms. The molecule has 0 saturated carbocycles. The number of aryl methyl sites for hydroxylation is 1. The summed E-state index contributed by atoms with van der Waals surface area (Å²) in [5, 5.41) is 2.01. The van der Waals surface area contributed by atoms with Gasteiger partial charge in [-0.2, -0.15) is 5.06 Å². The second-order valence-corrected chi connectivity index (χ2v) is 6.30. The van der Waals surface area contributed by atoms with Gasteiger partial charge in [0, 0.05) is 31.4 Å². The van der Waals surface area contributed by atoms with Crippen LogP contribution in [0.2, 0.25) is 0 Å². The smallest absolute Gasteiger partial charge is 0.161 e. The molecule has 0 N–H and O–H groups in total. The third-order valence-corrected chi connectivity index (χ3v) is 4.40. The highest BCUT2D eigenvalue weighted by molar-refractivity contribution is 5.43. The van der Waals surface area contributed by atoms with Crippen LogP contribution < -0.4 is 9.47 Å². The summed E-state index contributed by atoms with van der Waals surface area (Å²) in [4.78, 5) is 14.6. The summed E-state index contributed by atoms with van der Waals surface area (Å²) in [6, 6.07) is 7.90. The molecule has 1 aliphatic rings. The number of aromatic nitrogens is 2. The lowest BCUT2D eigenvalue weighted by atomic mass is 10.1. The van der Waals surface area contributed by atoms with E-state index in [4.69, 9.17) is 14.3 Å². The summed E-state index contributed by atoms with van der Waals surface area (Å²) >= 11 is 0. The lowest BCUT2D eigenvalue weighted by Crippen LogP contribution is -2.22. The van der Waals surface area contributed by atoms with Crippen LogP contribution in [0.15, 0.2) is 30.5 Å². The van der Waals surface area contributed by atoms with E-state index in [1.165, 1.54) is 12.8 Å². The fourth-order valence-electron chi connectivity index (χ4n) is 2.98. The predicted molar refractivity (Wildman–Crippen MR) is 99.5 cm³/mol.